The Hall–Kier alpha value is -1.85. The van der Waals surface area contributed by atoms with E-state index in [0.717, 1.165) is 0 Å². The fraction of sp³-hybridized carbons (Fsp3) is 0.500. The van der Waals surface area contributed by atoms with Gasteiger partial charge in [0, 0.05) is 19.3 Å². The number of rotatable bonds is 4. The SMILES string of the molecule is Cc1nn(C)cc1C(=O)NC(C)CC(=O)O. The Bertz CT molecular complexity index is 411. The van der Waals surface area contributed by atoms with Crippen LogP contribution in [0.3, 0.4) is 0 Å². The number of carbonyl (C=O) groups is 2. The van der Waals surface area contributed by atoms with E-state index in [9.17, 15) is 9.59 Å². The van der Waals surface area contributed by atoms with Crippen molar-refractivity contribution >= 4 is 11.9 Å². The first-order valence-electron chi connectivity index (χ1n) is 4.93. The number of aromatic nitrogens is 2. The summed E-state index contributed by atoms with van der Waals surface area (Å²) in [6, 6.07) is -0.399. The highest BCUT2D eigenvalue weighted by atomic mass is 16.4. The number of carboxylic acids is 1. The molecule has 0 radical (unpaired) electrons. The van der Waals surface area contributed by atoms with Gasteiger partial charge in [0.05, 0.1) is 17.7 Å². The van der Waals surface area contributed by atoms with Gasteiger partial charge in [-0.25, -0.2) is 0 Å². The van der Waals surface area contributed by atoms with Crippen LogP contribution >= 0.6 is 0 Å². The molecule has 0 aromatic carbocycles. The Labute approximate surface area is 93.3 Å². The Balaban J connectivity index is 2.65. The van der Waals surface area contributed by atoms with Gasteiger partial charge in [0.25, 0.3) is 5.91 Å². The molecule has 0 saturated heterocycles. The third-order valence-electron chi connectivity index (χ3n) is 2.12. The molecule has 0 saturated carbocycles. The summed E-state index contributed by atoms with van der Waals surface area (Å²) in [5.41, 5.74) is 1.10. The Morgan fingerprint density at radius 2 is 2.25 bits per heavy atom. The van der Waals surface area contributed by atoms with Crippen LogP contribution in [0.2, 0.25) is 0 Å². The molecule has 1 aromatic heterocycles. The third kappa shape index (κ3) is 3.08. The highest BCUT2D eigenvalue weighted by Crippen LogP contribution is 2.05. The number of carboxylic acid groups (broad SMARTS) is 1. The number of hydrogen-bond donors (Lipinski definition) is 2. The maximum atomic E-state index is 11.7. The molecular formula is C10H15N3O3. The molecule has 0 aliphatic rings. The van der Waals surface area contributed by atoms with Crippen LogP contribution < -0.4 is 5.32 Å². The molecule has 16 heavy (non-hydrogen) atoms. The summed E-state index contributed by atoms with van der Waals surface area (Å²) < 4.78 is 1.55. The van der Waals surface area contributed by atoms with Crippen molar-refractivity contribution in [3.8, 4) is 0 Å². The number of aryl methyl sites for hydroxylation is 2. The van der Waals surface area contributed by atoms with Crippen LogP contribution in [0, 0.1) is 6.92 Å². The van der Waals surface area contributed by atoms with Crippen LogP contribution in [0.1, 0.15) is 29.4 Å². The maximum Gasteiger partial charge on any atom is 0.305 e. The summed E-state index contributed by atoms with van der Waals surface area (Å²) in [6.45, 7) is 3.38. The first-order chi connectivity index (χ1) is 7.40. The molecule has 1 amide bonds. The Morgan fingerprint density at radius 1 is 1.62 bits per heavy atom. The second kappa shape index (κ2) is 4.78. The van der Waals surface area contributed by atoms with Gasteiger partial charge in [0.15, 0.2) is 0 Å². The lowest BCUT2D eigenvalue weighted by molar-refractivity contribution is -0.137. The van der Waals surface area contributed by atoms with Gasteiger partial charge in [-0.3, -0.25) is 14.3 Å². The molecule has 1 unspecified atom stereocenters. The van der Waals surface area contributed by atoms with Crippen molar-refractivity contribution in [2.75, 3.05) is 0 Å². The molecule has 2 N–H and O–H groups in total. The van der Waals surface area contributed by atoms with Crippen LogP contribution in [-0.4, -0.2) is 32.8 Å². The van der Waals surface area contributed by atoms with Gasteiger partial charge in [-0.15, -0.1) is 0 Å². The van der Waals surface area contributed by atoms with E-state index in [4.69, 9.17) is 5.11 Å². The molecule has 88 valence electrons. The number of carbonyl (C=O) groups excluding carboxylic acids is 1. The van der Waals surface area contributed by atoms with Gasteiger partial charge in [0.1, 0.15) is 0 Å². The van der Waals surface area contributed by atoms with E-state index in [-0.39, 0.29) is 12.3 Å². The van der Waals surface area contributed by atoms with Crippen LogP contribution in [0.5, 0.6) is 0 Å². The largest absolute Gasteiger partial charge is 0.481 e. The van der Waals surface area contributed by atoms with E-state index >= 15 is 0 Å². The van der Waals surface area contributed by atoms with E-state index in [1.165, 1.54) is 0 Å². The highest BCUT2D eigenvalue weighted by Gasteiger charge is 2.16. The Kier molecular flexibility index (Phi) is 3.65. The molecule has 1 rings (SSSR count). The molecule has 1 heterocycles. The van der Waals surface area contributed by atoms with Crippen LogP contribution in [0.25, 0.3) is 0 Å². The summed E-state index contributed by atoms with van der Waals surface area (Å²) in [4.78, 5) is 22.1. The number of hydrogen-bond acceptors (Lipinski definition) is 3. The summed E-state index contributed by atoms with van der Waals surface area (Å²) in [6.07, 6.45) is 1.52. The van der Waals surface area contributed by atoms with Crippen molar-refractivity contribution in [1.82, 2.24) is 15.1 Å². The summed E-state index contributed by atoms with van der Waals surface area (Å²) in [5.74, 6) is -1.23. The second-order valence-corrected chi connectivity index (χ2v) is 3.77. The zero-order valence-corrected chi connectivity index (χ0v) is 9.52. The predicted octanol–water partition coefficient (Wildman–Crippen LogP) is 0.322. The molecule has 1 atom stereocenters. The molecule has 0 spiro atoms. The van der Waals surface area contributed by atoms with Crippen molar-refractivity contribution in [3.05, 3.63) is 17.5 Å². The molecular weight excluding hydrogens is 210 g/mol. The maximum absolute atomic E-state index is 11.7. The summed E-state index contributed by atoms with van der Waals surface area (Å²) >= 11 is 0. The monoisotopic (exact) mass is 225 g/mol. The van der Waals surface area contributed by atoms with E-state index in [1.54, 1.807) is 31.8 Å². The van der Waals surface area contributed by atoms with Crippen molar-refractivity contribution in [1.29, 1.82) is 0 Å². The average Bonchev–Trinajstić information content (AvgIpc) is 2.43. The first kappa shape index (κ1) is 12.2. The van der Waals surface area contributed by atoms with Crippen molar-refractivity contribution in [2.45, 2.75) is 26.3 Å². The molecule has 6 heteroatoms. The third-order valence-corrected chi connectivity index (χ3v) is 2.12. The molecule has 0 bridgehead atoms. The summed E-state index contributed by atoms with van der Waals surface area (Å²) in [7, 11) is 1.73. The lowest BCUT2D eigenvalue weighted by Gasteiger charge is -2.10. The molecule has 0 aliphatic carbocycles. The van der Waals surface area contributed by atoms with Gasteiger partial charge < -0.3 is 10.4 Å². The first-order valence-corrected chi connectivity index (χ1v) is 4.93. The zero-order chi connectivity index (χ0) is 12.3. The minimum Gasteiger partial charge on any atom is -0.481 e. The van der Waals surface area contributed by atoms with Crippen LogP contribution in [-0.2, 0) is 11.8 Å². The Morgan fingerprint density at radius 3 is 2.69 bits per heavy atom. The second-order valence-electron chi connectivity index (χ2n) is 3.77. The quantitative estimate of drug-likeness (QED) is 0.773. The van der Waals surface area contributed by atoms with Crippen molar-refractivity contribution in [2.24, 2.45) is 7.05 Å². The average molecular weight is 225 g/mol. The predicted molar refractivity (Wildman–Crippen MR) is 57.1 cm³/mol. The van der Waals surface area contributed by atoms with Gasteiger partial charge in [-0.1, -0.05) is 0 Å². The van der Waals surface area contributed by atoms with E-state index in [1.807, 2.05) is 0 Å². The van der Waals surface area contributed by atoms with Crippen LogP contribution in [0.4, 0.5) is 0 Å². The smallest absolute Gasteiger partial charge is 0.305 e. The van der Waals surface area contributed by atoms with Gasteiger partial charge in [0.2, 0.25) is 0 Å². The van der Waals surface area contributed by atoms with E-state index in [0.29, 0.717) is 11.3 Å². The van der Waals surface area contributed by atoms with Crippen LogP contribution in [0.15, 0.2) is 6.20 Å². The van der Waals surface area contributed by atoms with E-state index < -0.39 is 12.0 Å². The fourth-order valence-corrected chi connectivity index (χ4v) is 1.44. The summed E-state index contributed by atoms with van der Waals surface area (Å²) in [5, 5.41) is 15.2. The molecule has 1 aromatic rings. The lowest BCUT2D eigenvalue weighted by Crippen LogP contribution is -2.34. The molecule has 6 nitrogen and oxygen atoms in total. The number of nitrogens with one attached hydrogen (secondary N) is 1. The highest BCUT2D eigenvalue weighted by molar-refractivity contribution is 5.95. The lowest BCUT2D eigenvalue weighted by atomic mass is 10.2. The fourth-order valence-electron chi connectivity index (χ4n) is 1.44. The molecule has 0 aliphatic heterocycles. The minimum absolute atomic E-state index is 0.0922. The normalized spacial score (nSPS) is 12.2. The van der Waals surface area contributed by atoms with Gasteiger partial charge in [-0.05, 0) is 13.8 Å². The molecule has 0 fully saturated rings. The van der Waals surface area contributed by atoms with Gasteiger partial charge in [-0.2, -0.15) is 5.10 Å². The minimum atomic E-state index is -0.935. The van der Waals surface area contributed by atoms with Crippen molar-refractivity contribution in [3.63, 3.8) is 0 Å². The zero-order valence-electron chi connectivity index (χ0n) is 9.52. The standard InChI is InChI=1S/C10H15N3O3/c1-6(4-9(14)15)11-10(16)8-5-13(3)12-7(8)2/h5-6H,4H2,1-3H3,(H,11,16)(H,14,15). The van der Waals surface area contributed by atoms with E-state index in [2.05, 4.69) is 10.4 Å². The van der Waals surface area contributed by atoms with Gasteiger partial charge >= 0.3 is 5.97 Å². The van der Waals surface area contributed by atoms with Crippen molar-refractivity contribution < 1.29 is 14.7 Å². The number of amides is 1. The topological polar surface area (TPSA) is 84.2 Å². The number of nitrogens with zero attached hydrogens (tertiary/aromatic N) is 2. The number of aliphatic carboxylic acids is 1.